The van der Waals surface area contributed by atoms with Crippen molar-refractivity contribution in [3.05, 3.63) is 57.6 Å². The Morgan fingerprint density at radius 1 is 1.25 bits per heavy atom. The van der Waals surface area contributed by atoms with Crippen molar-refractivity contribution in [2.75, 3.05) is 5.32 Å². The van der Waals surface area contributed by atoms with E-state index in [1.54, 1.807) is 36.4 Å². The molecule has 0 saturated heterocycles. The van der Waals surface area contributed by atoms with Crippen molar-refractivity contribution in [1.29, 1.82) is 5.41 Å². The molecule has 0 saturated carbocycles. The van der Waals surface area contributed by atoms with Gasteiger partial charge in [0.25, 0.3) is 5.69 Å². The second-order valence-corrected chi connectivity index (χ2v) is 5.31. The van der Waals surface area contributed by atoms with Gasteiger partial charge in [0.15, 0.2) is 5.96 Å². The minimum absolute atomic E-state index is 0.0745. The highest BCUT2D eigenvalue weighted by Gasteiger charge is 2.19. The molecular weight excluding hydrogens is 332 g/mol. The predicted octanol–water partition coefficient (Wildman–Crippen LogP) is 3.16. The number of hydrogen-bond donors (Lipinski definition) is 3. The van der Waals surface area contributed by atoms with Gasteiger partial charge in [0.2, 0.25) is 5.95 Å². The van der Waals surface area contributed by atoms with Gasteiger partial charge in [-0.05, 0) is 24.3 Å². The first-order chi connectivity index (χ1) is 11.5. The number of nitro benzene ring substituents is 1. The molecule has 0 aliphatic rings. The van der Waals surface area contributed by atoms with Crippen LogP contribution in [0.5, 0.6) is 0 Å². The van der Waals surface area contributed by atoms with Crippen LogP contribution in [0.15, 0.2) is 42.5 Å². The van der Waals surface area contributed by atoms with Gasteiger partial charge in [0.05, 0.1) is 21.7 Å². The minimum Gasteiger partial charge on any atom is -0.370 e. The molecule has 3 rings (SSSR count). The molecule has 8 nitrogen and oxygen atoms in total. The van der Waals surface area contributed by atoms with Crippen molar-refractivity contribution in [2.45, 2.75) is 0 Å². The van der Waals surface area contributed by atoms with Crippen LogP contribution in [0.3, 0.4) is 0 Å². The summed E-state index contributed by atoms with van der Waals surface area (Å²) >= 11 is 6.05. The second kappa shape index (κ2) is 6.09. The average Bonchev–Trinajstić information content (AvgIpc) is 2.54. The van der Waals surface area contributed by atoms with Crippen molar-refractivity contribution in [3.63, 3.8) is 0 Å². The number of para-hydroxylation sites is 1. The molecule has 4 N–H and O–H groups in total. The number of fused-ring (bicyclic) bond motifs is 1. The van der Waals surface area contributed by atoms with Crippen molar-refractivity contribution >= 4 is 40.1 Å². The molecule has 0 radical (unpaired) electrons. The first-order valence-electron chi connectivity index (χ1n) is 6.78. The number of guanidine groups is 1. The van der Waals surface area contributed by atoms with Crippen LogP contribution in [0.4, 0.5) is 11.6 Å². The van der Waals surface area contributed by atoms with E-state index in [0.717, 1.165) is 0 Å². The molecule has 24 heavy (non-hydrogen) atoms. The van der Waals surface area contributed by atoms with Crippen LogP contribution in [0.2, 0.25) is 5.02 Å². The van der Waals surface area contributed by atoms with Gasteiger partial charge in [-0.1, -0.05) is 23.7 Å². The average molecular weight is 343 g/mol. The van der Waals surface area contributed by atoms with Crippen LogP contribution < -0.4 is 11.1 Å². The monoisotopic (exact) mass is 342 g/mol. The summed E-state index contributed by atoms with van der Waals surface area (Å²) < 4.78 is 0. The van der Waals surface area contributed by atoms with Crippen LogP contribution in [-0.4, -0.2) is 20.9 Å². The Kier molecular flexibility index (Phi) is 3.97. The highest BCUT2D eigenvalue weighted by Crippen LogP contribution is 2.34. The van der Waals surface area contributed by atoms with E-state index in [9.17, 15) is 10.1 Å². The zero-order valence-electron chi connectivity index (χ0n) is 12.2. The largest absolute Gasteiger partial charge is 0.370 e. The Labute approximate surface area is 141 Å². The third-order valence-corrected chi connectivity index (χ3v) is 3.50. The van der Waals surface area contributed by atoms with Crippen LogP contribution in [0.25, 0.3) is 22.2 Å². The minimum atomic E-state index is -0.480. The zero-order valence-corrected chi connectivity index (χ0v) is 12.9. The second-order valence-electron chi connectivity index (χ2n) is 4.87. The SMILES string of the molecule is N=C(N)Nc1nc(-c2ccccc2[N+](=O)[O-])c2cc(Cl)ccc2n1. The Bertz CT molecular complexity index is 975. The lowest BCUT2D eigenvalue weighted by Gasteiger charge is -2.10. The number of nitrogens with one attached hydrogen (secondary N) is 2. The Balaban J connectivity index is 2.35. The van der Waals surface area contributed by atoms with E-state index in [0.29, 0.717) is 27.2 Å². The summed E-state index contributed by atoms with van der Waals surface area (Å²) in [5.74, 6) is -0.262. The third kappa shape index (κ3) is 2.95. The lowest BCUT2D eigenvalue weighted by atomic mass is 10.0. The fraction of sp³-hybridized carbons (Fsp3) is 0. The fourth-order valence-electron chi connectivity index (χ4n) is 2.32. The Hall–Kier alpha value is -3.26. The van der Waals surface area contributed by atoms with E-state index in [2.05, 4.69) is 15.3 Å². The highest BCUT2D eigenvalue weighted by molar-refractivity contribution is 6.31. The van der Waals surface area contributed by atoms with Gasteiger partial charge in [-0.2, -0.15) is 0 Å². The first-order valence-corrected chi connectivity index (χ1v) is 7.15. The zero-order chi connectivity index (χ0) is 17.3. The van der Waals surface area contributed by atoms with Gasteiger partial charge >= 0.3 is 0 Å². The van der Waals surface area contributed by atoms with E-state index in [1.807, 2.05) is 0 Å². The standard InChI is InChI=1S/C15H11ClN6O2/c16-8-5-6-11-10(7-8)13(20-15(19-11)21-14(17)18)9-3-1-2-4-12(9)22(23)24/h1-7H,(H4,17,18,19,20,21). The number of anilines is 1. The number of nitro groups is 1. The van der Waals surface area contributed by atoms with E-state index in [-0.39, 0.29) is 17.6 Å². The van der Waals surface area contributed by atoms with Crippen LogP contribution in [-0.2, 0) is 0 Å². The molecule has 1 aromatic heterocycles. The molecule has 3 aromatic rings. The van der Waals surface area contributed by atoms with Crippen molar-refractivity contribution < 1.29 is 4.92 Å². The maximum absolute atomic E-state index is 11.3. The Morgan fingerprint density at radius 3 is 2.71 bits per heavy atom. The molecule has 1 heterocycles. The van der Waals surface area contributed by atoms with Gasteiger partial charge in [0, 0.05) is 16.5 Å². The van der Waals surface area contributed by atoms with Crippen molar-refractivity contribution in [1.82, 2.24) is 9.97 Å². The number of aromatic nitrogens is 2. The van der Waals surface area contributed by atoms with Crippen LogP contribution >= 0.6 is 11.6 Å². The number of rotatable bonds is 3. The summed E-state index contributed by atoms with van der Waals surface area (Å²) in [5.41, 5.74) is 6.41. The summed E-state index contributed by atoms with van der Waals surface area (Å²) in [6.45, 7) is 0. The molecule has 2 aromatic carbocycles. The van der Waals surface area contributed by atoms with Gasteiger partial charge < -0.3 is 5.73 Å². The number of benzene rings is 2. The van der Waals surface area contributed by atoms with E-state index < -0.39 is 4.92 Å². The van der Waals surface area contributed by atoms with E-state index >= 15 is 0 Å². The third-order valence-electron chi connectivity index (χ3n) is 3.26. The quantitative estimate of drug-likeness (QED) is 0.290. The summed E-state index contributed by atoms with van der Waals surface area (Å²) in [7, 11) is 0. The molecule has 0 amide bonds. The smallest absolute Gasteiger partial charge is 0.278 e. The number of nitrogens with two attached hydrogens (primary N) is 1. The predicted molar refractivity (Wildman–Crippen MR) is 92.2 cm³/mol. The van der Waals surface area contributed by atoms with E-state index in [4.69, 9.17) is 22.7 Å². The lowest BCUT2D eigenvalue weighted by Crippen LogP contribution is -2.22. The number of hydrogen-bond acceptors (Lipinski definition) is 5. The summed E-state index contributed by atoms with van der Waals surface area (Å²) in [5, 5.41) is 22.2. The molecule has 0 bridgehead atoms. The van der Waals surface area contributed by atoms with Crippen molar-refractivity contribution in [3.8, 4) is 11.3 Å². The molecule has 0 spiro atoms. The lowest BCUT2D eigenvalue weighted by molar-refractivity contribution is -0.384. The summed E-state index contributed by atoms with van der Waals surface area (Å²) in [6, 6.07) is 11.2. The van der Waals surface area contributed by atoms with Gasteiger partial charge in [-0.25, -0.2) is 9.97 Å². The molecule has 0 fully saturated rings. The highest BCUT2D eigenvalue weighted by atomic mass is 35.5. The Morgan fingerprint density at radius 2 is 2.00 bits per heavy atom. The van der Waals surface area contributed by atoms with E-state index in [1.165, 1.54) is 6.07 Å². The summed E-state index contributed by atoms with van der Waals surface area (Å²) in [6.07, 6.45) is 0. The molecule has 0 aliphatic carbocycles. The van der Waals surface area contributed by atoms with Gasteiger partial charge in [0.1, 0.15) is 0 Å². The molecule has 0 unspecified atom stereocenters. The fourth-order valence-corrected chi connectivity index (χ4v) is 2.49. The molecule has 0 atom stereocenters. The maximum Gasteiger partial charge on any atom is 0.278 e. The maximum atomic E-state index is 11.3. The molecule has 0 aliphatic heterocycles. The summed E-state index contributed by atoms with van der Waals surface area (Å²) in [4.78, 5) is 19.4. The normalized spacial score (nSPS) is 10.5. The number of nitrogens with zero attached hydrogens (tertiary/aromatic N) is 3. The molecule has 120 valence electrons. The van der Waals surface area contributed by atoms with Crippen LogP contribution in [0.1, 0.15) is 0 Å². The van der Waals surface area contributed by atoms with Gasteiger partial charge in [-0.3, -0.25) is 20.8 Å². The molecule has 9 heteroatoms. The van der Waals surface area contributed by atoms with Crippen LogP contribution in [0, 0.1) is 15.5 Å². The topological polar surface area (TPSA) is 131 Å². The molecular formula is C15H11ClN6O2. The number of halogens is 1. The van der Waals surface area contributed by atoms with Crippen molar-refractivity contribution in [2.24, 2.45) is 5.73 Å². The first kappa shape index (κ1) is 15.6. The van der Waals surface area contributed by atoms with Gasteiger partial charge in [-0.15, -0.1) is 0 Å².